The number of likely N-dealkylation sites (tertiary alicyclic amines) is 1. The van der Waals surface area contributed by atoms with Crippen molar-refractivity contribution in [1.29, 1.82) is 5.26 Å². The van der Waals surface area contributed by atoms with Gasteiger partial charge < -0.3 is 25.0 Å². The Kier molecular flexibility index (Phi) is 5.03. The quantitative estimate of drug-likeness (QED) is 0.484. The molecule has 1 unspecified atom stereocenters. The minimum absolute atomic E-state index is 0.220. The Morgan fingerprint density at radius 3 is 2.52 bits per heavy atom. The second-order valence-corrected chi connectivity index (χ2v) is 7.77. The molecule has 1 atom stereocenters. The number of anilines is 1. The number of amides is 1. The second kappa shape index (κ2) is 8.16. The Hall–Kier alpha value is -4.58. The third kappa shape index (κ3) is 3.57. The topological polar surface area (TPSA) is 130 Å². The molecule has 2 aromatic carbocycles. The number of aromatic nitrogens is 3. The Morgan fingerprint density at radius 2 is 1.85 bits per heavy atom. The van der Waals surface area contributed by atoms with Gasteiger partial charge in [-0.3, -0.25) is 0 Å². The number of nitriles is 1. The molecule has 0 saturated carbocycles. The summed E-state index contributed by atoms with van der Waals surface area (Å²) in [5.41, 5.74) is 8.54. The number of para-hydroxylation sites is 1. The maximum absolute atomic E-state index is 11.4. The average Bonchev–Trinajstić information content (AvgIpc) is 3.44. The molecule has 0 spiro atoms. The van der Waals surface area contributed by atoms with Crippen LogP contribution in [-0.2, 0) is 0 Å². The first kappa shape index (κ1) is 20.3. The fourth-order valence-corrected chi connectivity index (χ4v) is 4.34. The zero-order chi connectivity index (χ0) is 22.9. The third-order valence-corrected chi connectivity index (χ3v) is 5.84. The molecular weight excluding hydrogens is 420 g/mol. The molecule has 1 saturated heterocycles. The van der Waals surface area contributed by atoms with Gasteiger partial charge in [0.25, 0.3) is 0 Å². The summed E-state index contributed by atoms with van der Waals surface area (Å²) in [6.45, 7) is 0.674. The number of carboxylic acid groups (broad SMARTS) is 1. The summed E-state index contributed by atoms with van der Waals surface area (Å²) in [5.74, 6) is 1.65. The lowest BCUT2D eigenvalue weighted by Gasteiger charge is -2.16. The Morgan fingerprint density at radius 1 is 1.12 bits per heavy atom. The Bertz CT molecular complexity index is 1380. The number of benzene rings is 2. The SMILES string of the molecule is N#Cc1c(-c2ccc(Oc3ccccc3)cc2)c2c(N)ncnc2n1C1CCN(C(=O)O)C1. The van der Waals surface area contributed by atoms with Gasteiger partial charge in [0, 0.05) is 18.7 Å². The van der Waals surface area contributed by atoms with E-state index in [1.54, 1.807) is 4.57 Å². The summed E-state index contributed by atoms with van der Waals surface area (Å²) < 4.78 is 7.68. The Labute approximate surface area is 189 Å². The zero-order valence-electron chi connectivity index (χ0n) is 17.5. The number of carbonyl (C=O) groups is 1. The van der Waals surface area contributed by atoms with Crippen LogP contribution in [0.15, 0.2) is 60.9 Å². The number of nitrogens with two attached hydrogens (primary N) is 1. The summed E-state index contributed by atoms with van der Waals surface area (Å²) >= 11 is 0. The maximum atomic E-state index is 11.4. The molecule has 1 amide bonds. The predicted octanol–water partition coefficient (Wildman–Crippen LogP) is 4.27. The van der Waals surface area contributed by atoms with Crippen LogP contribution in [0.2, 0.25) is 0 Å². The molecule has 2 aromatic heterocycles. The van der Waals surface area contributed by atoms with Gasteiger partial charge in [0.15, 0.2) is 0 Å². The summed E-state index contributed by atoms with van der Waals surface area (Å²) in [7, 11) is 0. The van der Waals surface area contributed by atoms with Gasteiger partial charge in [0.1, 0.15) is 41.1 Å². The molecule has 5 rings (SSSR count). The monoisotopic (exact) mass is 440 g/mol. The standard InChI is InChI=1S/C24H20N6O3/c25-12-19-20(15-6-8-18(9-7-15)33-17-4-2-1-3-5-17)21-22(26)27-14-28-23(21)30(19)16-10-11-29(13-16)24(31)32/h1-9,14,16H,10-11,13H2,(H,31,32)(H2,26,27,28). The largest absolute Gasteiger partial charge is 0.465 e. The van der Waals surface area contributed by atoms with Crippen LogP contribution in [0.5, 0.6) is 11.5 Å². The lowest BCUT2D eigenvalue weighted by atomic mass is 10.0. The predicted molar refractivity (Wildman–Crippen MR) is 122 cm³/mol. The number of nitrogens with zero attached hydrogens (tertiary/aromatic N) is 5. The molecule has 1 aliphatic heterocycles. The summed E-state index contributed by atoms with van der Waals surface area (Å²) in [6, 6.07) is 18.9. The molecule has 9 heteroatoms. The van der Waals surface area contributed by atoms with Gasteiger partial charge in [-0.05, 0) is 36.2 Å². The molecule has 0 radical (unpaired) electrons. The number of hydrogen-bond donors (Lipinski definition) is 2. The molecule has 33 heavy (non-hydrogen) atoms. The maximum Gasteiger partial charge on any atom is 0.407 e. The molecule has 3 heterocycles. The van der Waals surface area contributed by atoms with Crippen molar-refractivity contribution in [2.45, 2.75) is 12.5 Å². The molecule has 1 fully saturated rings. The molecule has 3 N–H and O–H groups in total. The molecule has 9 nitrogen and oxygen atoms in total. The van der Waals surface area contributed by atoms with Gasteiger partial charge in [-0.2, -0.15) is 5.26 Å². The first-order valence-corrected chi connectivity index (χ1v) is 10.4. The number of ether oxygens (including phenoxy) is 1. The first-order valence-electron chi connectivity index (χ1n) is 10.4. The zero-order valence-corrected chi connectivity index (χ0v) is 17.5. The van der Waals surface area contributed by atoms with Gasteiger partial charge in [0.05, 0.1) is 11.4 Å². The second-order valence-electron chi connectivity index (χ2n) is 7.77. The van der Waals surface area contributed by atoms with Crippen LogP contribution in [-0.4, -0.2) is 43.7 Å². The van der Waals surface area contributed by atoms with Gasteiger partial charge in [-0.25, -0.2) is 14.8 Å². The summed E-state index contributed by atoms with van der Waals surface area (Å²) in [5, 5.41) is 20.1. The minimum Gasteiger partial charge on any atom is -0.465 e. The van der Waals surface area contributed by atoms with Crippen molar-refractivity contribution in [1.82, 2.24) is 19.4 Å². The highest BCUT2D eigenvalue weighted by molar-refractivity contribution is 6.03. The van der Waals surface area contributed by atoms with Crippen molar-refractivity contribution in [3.05, 3.63) is 66.6 Å². The van der Waals surface area contributed by atoms with E-state index in [0.717, 1.165) is 11.3 Å². The van der Waals surface area contributed by atoms with Crippen LogP contribution < -0.4 is 10.5 Å². The van der Waals surface area contributed by atoms with Crippen molar-refractivity contribution >= 4 is 22.9 Å². The van der Waals surface area contributed by atoms with Gasteiger partial charge >= 0.3 is 6.09 Å². The van der Waals surface area contributed by atoms with E-state index in [-0.39, 0.29) is 18.4 Å². The van der Waals surface area contributed by atoms with Crippen LogP contribution in [0.25, 0.3) is 22.2 Å². The number of nitrogen functional groups attached to an aromatic ring is 1. The van der Waals surface area contributed by atoms with E-state index in [4.69, 9.17) is 10.5 Å². The van der Waals surface area contributed by atoms with Crippen molar-refractivity contribution < 1.29 is 14.6 Å². The van der Waals surface area contributed by atoms with Crippen LogP contribution in [0.4, 0.5) is 10.6 Å². The fraction of sp³-hybridized carbons (Fsp3) is 0.167. The third-order valence-electron chi connectivity index (χ3n) is 5.84. The lowest BCUT2D eigenvalue weighted by Crippen LogP contribution is -2.27. The van der Waals surface area contributed by atoms with Crippen molar-refractivity contribution in [2.75, 3.05) is 18.8 Å². The highest BCUT2D eigenvalue weighted by Crippen LogP contribution is 2.40. The summed E-state index contributed by atoms with van der Waals surface area (Å²) in [4.78, 5) is 21.3. The van der Waals surface area contributed by atoms with Gasteiger partial charge in [-0.1, -0.05) is 30.3 Å². The van der Waals surface area contributed by atoms with E-state index in [1.165, 1.54) is 11.2 Å². The molecule has 0 aliphatic carbocycles. The van der Waals surface area contributed by atoms with Crippen molar-refractivity contribution in [3.63, 3.8) is 0 Å². The average molecular weight is 440 g/mol. The first-order chi connectivity index (χ1) is 16.1. The van der Waals surface area contributed by atoms with Crippen LogP contribution in [0.1, 0.15) is 18.2 Å². The molecule has 0 bridgehead atoms. The summed E-state index contributed by atoms with van der Waals surface area (Å²) in [6.07, 6.45) is 0.966. The van der Waals surface area contributed by atoms with Crippen molar-refractivity contribution in [2.24, 2.45) is 0 Å². The molecule has 1 aliphatic rings. The molecular formula is C24H20N6O3. The van der Waals surface area contributed by atoms with Crippen molar-refractivity contribution in [3.8, 4) is 28.7 Å². The Balaban J connectivity index is 1.60. The number of fused-ring (bicyclic) bond motifs is 1. The molecule has 4 aromatic rings. The minimum atomic E-state index is -0.976. The van der Waals surface area contributed by atoms with Crippen LogP contribution in [0, 0.1) is 11.3 Å². The highest BCUT2D eigenvalue weighted by Gasteiger charge is 2.32. The van der Waals surface area contributed by atoms with E-state index in [9.17, 15) is 15.2 Å². The van der Waals surface area contributed by atoms with E-state index >= 15 is 0 Å². The van der Waals surface area contributed by atoms with E-state index in [0.29, 0.717) is 41.0 Å². The normalized spacial score (nSPS) is 15.5. The van der Waals surface area contributed by atoms with Crippen LogP contribution >= 0.6 is 0 Å². The number of hydrogen-bond acceptors (Lipinski definition) is 6. The van der Waals surface area contributed by atoms with Crippen LogP contribution in [0.3, 0.4) is 0 Å². The number of rotatable bonds is 4. The highest BCUT2D eigenvalue weighted by atomic mass is 16.5. The van der Waals surface area contributed by atoms with E-state index < -0.39 is 6.09 Å². The van der Waals surface area contributed by atoms with Gasteiger partial charge in [0.2, 0.25) is 0 Å². The van der Waals surface area contributed by atoms with E-state index in [1.807, 2.05) is 54.6 Å². The van der Waals surface area contributed by atoms with Gasteiger partial charge in [-0.15, -0.1) is 0 Å². The van der Waals surface area contributed by atoms with E-state index in [2.05, 4.69) is 16.0 Å². The fourth-order valence-electron chi connectivity index (χ4n) is 4.34. The smallest absolute Gasteiger partial charge is 0.407 e. The lowest BCUT2D eigenvalue weighted by molar-refractivity contribution is 0.154. The molecule has 164 valence electrons.